The van der Waals surface area contributed by atoms with E-state index in [2.05, 4.69) is 10.1 Å². The molecule has 0 saturated heterocycles. The van der Waals surface area contributed by atoms with Crippen LogP contribution in [0.5, 0.6) is 0 Å². The predicted octanol–water partition coefficient (Wildman–Crippen LogP) is 2.61. The number of aromatic nitrogens is 4. The molecule has 6 heteroatoms. The van der Waals surface area contributed by atoms with Gasteiger partial charge in [-0.25, -0.2) is 4.98 Å². The van der Waals surface area contributed by atoms with Gasteiger partial charge >= 0.3 is 0 Å². The lowest BCUT2D eigenvalue weighted by molar-refractivity contribution is 0.200. The molecule has 0 aliphatic carbocycles. The summed E-state index contributed by atoms with van der Waals surface area (Å²) in [5.74, 6) is 0. The standard InChI is InChI=1S/C19H18N4O2/c1-11-6-15(12(2)24)19-20-17(8-18(25)23(19)9-11)13-4-5-16-14(7-13)10-22(3)21-16/h4-10,12,24H,1-3H3. The Balaban J connectivity index is 1.99. The van der Waals surface area contributed by atoms with Crippen molar-refractivity contribution in [1.82, 2.24) is 19.2 Å². The third kappa shape index (κ3) is 2.60. The van der Waals surface area contributed by atoms with E-state index in [1.165, 1.54) is 10.5 Å². The first-order chi connectivity index (χ1) is 11.9. The number of fused-ring (bicyclic) bond motifs is 2. The van der Waals surface area contributed by atoms with Gasteiger partial charge in [0.05, 0.1) is 17.3 Å². The molecule has 1 atom stereocenters. The van der Waals surface area contributed by atoms with E-state index in [-0.39, 0.29) is 5.56 Å². The highest BCUT2D eigenvalue weighted by Crippen LogP contribution is 2.24. The first kappa shape index (κ1) is 15.5. The summed E-state index contributed by atoms with van der Waals surface area (Å²) in [6.07, 6.45) is 2.96. The number of aryl methyl sites for hydroxylation is 2. The normalized spacial score (nSPS) is 12.8. The van der Waals surface area contributed by atoms with Crippen LogP contribution in [-0.4, -0.2) is 24.3 Å². The number of nitrogens with zero attached hydrogens (tertiary/aromatic N) is 4. The SMILES string of the molecule is Cc1cc(C(C)O)c2nc(-c3ccc4nn(C)cc4c3)cc(=O)n2c1. The topological polar surface area (TPSA) is 72.4 Å². The highest BCUT2D eigenvalue weighted by Gasteiger charge is 2.13. The highest BCUT2D eigenvalue weighted by atomic mass is 16.3. The molecule has 0 aliphatic heterocycles. The predicted molar refractivity (Wildman–Crippen MR) is 96.5 cm³/mol. The number of aliphatic hydroxyl groups is 1. The Labute approximate surface area is 144 Å². The minimum atomic E-state index is -0.710. The second-order valence-electron chi connectivity index (χ2n) is 6.40. The second kappa shape index (κ2) is 5.53. The molecule has 4 aromatic rings. The van der Waals surface area contributed by atoms with Crippen LogP contribution < -0.4 is 5.56 Å². The summed E-state index contributed by atoms with van der Waals surface area (Å²) in [5, 5.41) is 15.4. The van der Waals surface area contributed by atoms with Gasteiger partial charge in [0.2, 0.25) is 0 Å². The van der Waals surface area contributed by atoms with E-state index < -0.39 is 6.10 Å². The molecular weight excluding hydrogens is 316 g/mol. The molecule has 3 aromatic heterocycles. The number of aliphatic hydroxyl groups excluding tert-OH is 1. The number of benzene rings is 1. The summed E-state index contributed by atoms with van der Waals surface area (Å²) in [4.78, 5) is 17.3. The minimum absolute atomic E-state index is 0.170. The van der Waals surface area contributed by atoms with Crippen LogP contribution in [0.1, 0.15) is 24.2 Å². The Bertz CT molecular complexity index is 1170. The molecule has 0 saturated carbocycles. The highest BCUT2D eigenvalue weighted by molar-refractivity contribution is 5.83. The second-order valence-corrected chi connectivity index (χ2v) is 6.40. The molecule has 6 nitrogen and oxygen atoms in total. The van der Waals surface area contributed by atoms with Crippen molar-refractivity contribution in [3.63, 3.8) is 0 Å². The lowest BCUT2D eigenvalue weighted by Gasteiger charge is -2.12. The van der Waals surface area contributed by atoms with Gasteiger partial charge in [-0.1, -0.05) is 6.07 Å². The van der Waals surface area contributed by atoms with Gasteiger partial charge < -0.3 is 5.11 Å². The van der Waals surface area contributed by atoms with Gasteiger partial charge in [-0.3, -0.25) is 13.9 Å². The van der Waals surface area contributed by atoms with Gasteiger partial charge in [-0.05, 0) is 37.6 Å². The maximum Gasteiger partial charge on any atom is 0.258 e. The molecule has 4 rings (SSSR count). The summed E-state index contributed by atoms with van der Waals surface area (Å²) < 4.78 is 3.24. The Hall–Kier alpha value is -2.99. The van der Waals surface area contributed by atoms with E-state index in [0.29, 0.717) is 16.9 Å². The zero-order valence-electron chi connectivity index (χ0n) is 14.3. The van der Waals surface area contributed by atoms with E-state index >= 15 is 0 Å². The Morgan fingerprint density at radius 3 is 2.72 bits per heavy atom. The van der Waals surface area contributed by atoms with E-state index in [1.807, 2.05) is 44.4 Å². The fourth-order valence-corrected chi connectivity index (χ4v) is 3.13. The van der Waals surface area contributed by atoms with Crippen LogP contribution >= 0.6 is 0 Å². The van der Waals surface area contributed by atoms with Gasteiger partial charge in [-0.15, -0.1) is 0 Å². The molecule has 3 heterocycles. The zero-order valence-corrected chi connectivity index (χ0v) is 14.3. The summed E-state index contributed by atoms with van der Waals surface area (Å²) >= 11 is 0. The largest absolute Gasteiger partial charge is 0.389 e. The molecule has 1 unspecified atom stereocenters. The Morgan fingerprint density at radius 1 is 1.16 bits per heavy atom. The van der Waals surface area contributed by atoms with Crippen molar-refractivity contribution in [2.24, 2.45) is 7.05 Å². The summed E-state index contributed by atoms with van der Waals surface area (Å²) in [7, 11) is 1.87. The molecule has 0 fully saturated rings. The molecule has 1 aromatic carbocycles. The molecule has 0 amide bonds. The summed E-state index contributed by atoms with van der Waals surface area (Å²) in [6.45, 7) is 3.57. The number of hydrogen-bond acceptors (Lipinski definition) is 4. The third-order valence-electron chi connectivity index (χ3n) is 4.29. The Morgan fingerprint density at radius 2 is 1.96 bits per heavy atom. The molecule has 0 radical (unpaired) electrons. The fourth-order valence-electron chi connectivity index (χ4n) is 3.13. The van der Waals surface area contributed by atoms with E-state index in [9.17, 15) is 9.90 Å². The average molecular weight is 334 g/mol. The molecule has 25 heavy (non-hydrogen) atoms. The monoisotopic (exact) mass is 334 g/mol. The van der Waals surface area contributed by atoms with Gasteiger partial charge in [0.25, 0.3) is 5.56 Å². The number of hydrogen-bond donors (Lipinski definition) is 1. The van der Waals surface area contributed by atoms with Gasteiger partial charge in [0, 0.05) is 42.0 Å². The van der Waals surface area contributed by atoms with Crippen molar-refractivity contribution in [3.05, 3.63) is 64.2 Å². The number of pyridine rings is 1. The van der Waals surface area contributed by atoms with Crippen molar-refractivity contribution in [2.75, 3.05) is 0 Å². The van der Waals surface area contributed by atoms with Crippen LogP contribution in [0.15, 0.2) is 47.5 Å². The molecule has 126 valence electrons. The van der Waals surface area contributed by atoms with Crippen LogP contribution in [-0.2, 0) is 7.05 Å². The maximum atomic E-state index is 12.6. The van der Waals surface area contributed by atoms with Crippen molar-refractivity contribution in [1.29, 1.82) is 0 Å². The van der Waals surface area contributed by atoms with Crippen molar-refractivity contribution >= 4 is 16.6 Å². The molecule has 0 aliphatic rings. The lowest BCUT2D eigenvalue weighted by atomic mass is 10.1. The van der Waals surface area contributed by atoms with Crippen LogP contribution in [0, 0.1) is 6.92 Å². The maximum absolute atomic E-state index is 12.6. The van der Waals surface area contributed by atoms with Crippen LogP contribution in [0.25, 0.3) is 27.8 Å². The van der Waals surface area contributed by atoms with Crippen LogP contribution in [0.3, 0.4) is 0 Å². The third-order valence-corrected chi connectivity index (χ3v) is 4.29. The van der Waals surface area contributed by atoms with Crippen LogP contribution in [0.4, 0.5) is 0 Å². The van der Waals surface area contributed by atoms with Gasteiger partial charge in [0.15, 0.2) is 0 Å². The van der Waals surface area contributed by atoms with Gasteiger partial charge in [-0.2, -0.15) is 5.10 Å². The van der Waals surface area contributed by atoms with Crippen molar-refractivity contribution in [2.45, 2.75) is 20.0 Å². The average Bonchev–Trinajstić information content (AvgIpc) is 2.93. The van der Waals surface area contributed by atoms with E-state index in [4.69, 9.17) is 0 Å². The van der Waals surface area contributed by atoms with E-state index in [0.717, 1.165) is 22.0 Å². The molecule has 0 spiro atoms. The summed E-state index contributed by atoms with van der Waals surface area (Å²) in [5.41, 5.74) is 4.17. The zero-order chi connectivity index (χ0) is 17.7. The molecule has 1 N–H and O–H groups in total. The Kier molecular flexibility index (Phi) is 3.43. The number of rotatable bonds is 2. The van der Waals surface area contributed by atoms with Gasteiger partial charge in [0.1, 0.15) is 5.65 Å². The van der Waals surface area contributed by atoms with Crippen molar-refractivity contribution in [3.8, 4) is 11.3 Å². The molecule has 0 bridgehead atoms. The molecular formula is C19H18N4O2. The van der Waals surface area contributed by atoms with E-state index in [1.54, 1.807) is 17.8 Å². The minimum Gasteiger partial charge on any atom is -0.389 e. The fraction of sp³-hybridized carbons (Fsp3) is 0.211. The quantitative estimate of drug-likeness (QED) is 0.612. The first-order valence-corrected chi connectivity index (χ1v) is 8.08. The van der Waals surface area contributed by atoms with Crippen LogP contribution in [0.2, 0.25) is 0 Å². The first-order valence-electron chi connectivity index (χ1n) is 8.08. The smallest absolute Gasteiger partial charge is 0.258 e. The van der Waals surface area contributed by atoms with Crippen molar-refractivity contribution < 1.29 is 5.11 Å². The lowest BCUT2D eigenvalue weighted by Crippen LogP contribution is -2.16. The summed E-state index contributed by atoms with van der Waals surface area (Å²) in [6, 6.07) is 9.18.